The van der Waals surface area contributed by atoms with Crippen LogP contribution >= 0.6 is 0 Å². The normalized spacial score (nSPS) is 48.2. The quantitative estimate of drug-likeness (QED) is 0.792. The fraction of sp³-hybridized carbons (Fsp3) is 1.00. The van der Waals surface area contributed by atoms with Crippen LogP contribution in [0.4, 0.5) is 0 Å². The third kappa shape index (κ3) is 1.67. The smallest absolute Gasteiger partial charge is 0.0472 e. The van der Waals surface area contributed by atoms with Crippen molar-refractivity contribution in [2.45, 2.75) is 38.1 Å². The minimum absolute atomic E-state index is 0.328. The molecule has 4 unspecified atom stereocenters. The molecule has 3 heteroatoms. The van der Waals surface area contributed by atoms with Crippen molar-refractivity contribution in [3.8, 4) is 0 Å². The topological polar surface area (TPSA) is 47.3 Å². The summed E-state index contributed by atoms with van der Waals surface area (Å²) in [6.07, 6.45) is 6.86. The molecule has 18 heavy (non-hydrogen) atoms. The number of nitrogens with one attached hydrogen (secondary N) is 1. The van der Waals surface area contributed by atoms with Gasteiger partial charge in [-0.1, -0.05) is 0 Å². The molecule has 2 bridgehead atoms. The molecule has 3 N–H and O–H groups in total. The molecule has 102 valence electrons. The second kappa shape index (κ2) is 4.19. The molecule has 0 aromatic carbocycles. The summed E-state index contributed by atoms with van der Waals surface area (Å²) in [6.45, 7) is 3.76. The van der Waals surface area contributed by atoms with Gasteiger partial charge in [0.1, 0.15) is 0 Å². The molecule has 4 fully saturated rings. The zero-order valence-corrected chi connectivity index (χ0v) is 11.2. The molecule has 1 aliphatic heterocycles. The third-order valence-electron chi connectivity index (χ3n) is 6.43. The Labute approximate surface area is 110 Å². The summed E-state index contributed by atoms with van der Waals surface area (Å²) in [7, 11) is 0. The Balaban J connectivity index is 1.34. The fourth-order valence-corrected chi connectivity index (χ4v) is 5.19. The average molecular weight is 250 g/mol. The molecule has 4 aliphatic rings. The largest absolute Gasteiger partial charge is 0.381 e. The van der Waals surface area contributed by atoms with Gasteiger partial charge < -0.3 is 15.8 Å². The van der Waals surface area contributed by atoms with E-state index in [2.05, 4.69) is 5.32 Å². The van der Waals surface area contributed by atoms with Crippen LogP contribution in [0.2, 0.25) is 0 Å². The van der Waals surface area contributed by atoms with Crippen LogP contribution in [0.1, 0.15) is 32.1 Å². The first-order valence-electron chi connectivity index (χ1n) is 7.84. The Morgan fingerprint density at radius 1 is 1.11 bits per heavy atom. The Hall–Kier alpha value is -0.120. The van der Waals surface area contributed by atoms with E-state index in [-0.39, 0.29) is 0 Å². The molecule has 0 amide bonds. The Kier molecular flexibility index (Phi) is 2.72. The summed E-state index contributed by atoms with van der Waals surface area (Å²) in [4.78, 5) is 0. The van der Waals surface area contributed by atoms with Crippen LogP contribution in [0.15, 0.2) is 0 Å². The highest BCUT2D eigenvalue weighted by Gasteiger charge is 2.64. The van der Waals surface area contributed by atoms with Gasteiger partial charge in [-0.3, -0.25) is 0 Å². The van der Waals surface area contributed by atoms with Crippen molar-refractivity contribution < 1.29 is 4.74 Å². The predicted octanol–water partition coefficient (Wildman–Crippen LogP) is 1.38. The van der Waals surface area contributed by atoms with Crippen LogP contribution in [0.25, 0.3) is 0 Å². The molecule has 4 atom stereocenters. The standard InChI is InChI=1S/C15H26N2O/c16-8-15(3-5-18-6-4-15)9-17-14-12-10-1-2-11(7-10)13(12)14/h10-14,17H,1-9,16H2. The number of ether oxygens (including phenoxy) is 1. The molecule has 1 saturated heterocycles. The molecule has 0 aromatic heterocycles. The van der Waals surface area contributed by atoms with Crippen molar-refractivity contribution in [1.82, 2.24) is 5.32 Å². The van der Waals surface area contributed by atoms with Crippen LogP contribution < -0.4 is 11.1 Å². The first-order valence-corrected chi connectivity index (χ1v) is 7.84. The first kappa shape index (κ1) is 11.7. The van der Waals surface area contributed by atoms with Crippen molar-refractivity contribution in [3.05, 3.63) is 0 Å². The maximum absolute atomic E-state index is 6.03. The van der Waals surface area contributed by atoms with E-state index >= 15 is 0 Å². The van der Waals surface area contributed by atoms with E-state index in [1.807, 2.05) is 0 Å². The molecule has 0 spiro atoms. The van der Waals surface area contributed by atoms with Gasteiger partial charge in [-0.05, 0) is 67.7 Å². The first-order chi connectivity index (χ1) is 8.83. The highest BCUT2D eigenvalue weighted by Crippen LogP contribution is 2.65. The van der Waals surface area contributed by atoms with Gasteiger partial charge in [0, 0.05) is 25.8 Å². The van der Waals surface area contributed by atoms with Crippen LogP contribution in [0.3, 0.4) is 0 Å². The molecule has 3 nitrogen and oxygen atoms in total. The minimum Gasteiger partial charge on any atom is -0.381 e. The van der Waals surface area contributed by atoms with Gasteiger partial charge >= 0.3 is 0 Å². The van der Waals surface area contributed by atoms with Gasteiger partial charge in [0.2, 0.25) is 0 Å². The lowest BCUT2D eigenvalue weighted by Crippen LogP contribution is -2.45. The Morgan fingerprint density at radius 3 is 2.39 bits per heavy atom. The van der Waals surface area contributed by atoms with Crippen LogP contribution in [0.5, 0.6) is 0 Å². The lowest BCUT2D eigenvalue weighted by atomic mass is 9.80. The van der Waals surface area contributed by atoms with E-state index in [0.717, 1.165) is 68.9 Å². The summed E-state index contributed by atoms with van der Waals surface area (Å²) in [5, 5.41) is 3.89. The monoisotopic (exact) mass is 250 g/mol. The van der Waals surface area contributed by atoms with Gasteiger partial charge in [0.15, 0.2) is 0 Å². The van der Waals surface area contributed by atoms with Gasteiger partial charge in [0.25, 0.3) is 0 Å². The molecule has 0 aromatic rings. The third-order valence-corrected chi connectivity index (χ3v) is 6.43. The zero-order valence-electron chi connectivity index (χ0n) is 11.2. The maximum atomic E-state index is 6.03. The van der Waals surface area contributed by atoms with Crippen molar-refractivity contribution in [2.75, 3.05) is 26.3 Å². The lowest BCUT2D eigenvalue weighted by Gasteiger charge is -2.36. The zero-order chi connectivity index (χ0) is 12.2. The summed E-state index contributed by atoms with van der Waals surface area (Å²) in [6, 6.07) is 0.850. The van der Waals surface area contributed by atoms with Crippen molar-refractivity contribution in [3.63, 3.8) is 0 Å². The van der Waals surface area contributed by atoms with Crippen molar-refractivity contribution in [2.24, 2.45) is 34.8 Å². The van der Waals surface area contributed by atoms with E-state index in [0.29, 0.717) is 5.41 Å². The number of fused-ring (bicyclic) bond motifs is 5. The number of nitrogens with two attached hydrogens (primary N) is 1. The molecular weight excluding hydrogens is 224 g/mol. The number of hydrogen-bond acceptors (Lipinski definition) is 3. The molecule has 3 saturated carbocycles. The van der Waals surface area contributed by atoms with Crippen LogP contribution in [0, 0.1) is 29.1 Å². The summed E-state index contributed by atoms with van der Waals surface area (Å²) in [5.74, 6) is 4.22. The van der Waals surface area contributed by atoms with Gasteiger partial charge in [0.05, 0.1) is 0 Å². The van der Waals surface area contributed by atoms with Gasteiger partial charge in [-0.15, -0.1) is 0 Å². The van der Waals surface area contributed by atoms with Gasteiger partial charge in [-0.2, -0.15) is 0 Å². The highest BCUT2D eigenvalue weighted by atomic mass is 16.5. The molecular formula is C15H26N2O. The number of rotatable bonds is 4. The Bertz CT molecular complexity index is 310. The van der Waals surface area contributed by atoms with E-state index in [1.54, 1.807) is 6.42 Å². The highest BCUT2D eigenvalue weighted by molar-refractivity contribution is 5.17. The molecule has 3 aliphatic carbocycles. The minimum atomic E-state index is 0.328. The number of hydrogen-bond donors (Lipinski definition) is 2. The van der Waals surface area contributed by atoms with Crippen LogP contribution in [-0.2, 0) is 4.74 Å². The summed E-state index contributed by atoms with van der Waals surface area (Å²) < 4.78 is 5.48. The van der Waals surface area contributed by atoms with E-state index in [9.17, 15) is 0 Å². The fourth-order valence-electron chi connectivity index (χ4n) is 5.19. The molecule has 1 heterocycles. The van der Waals surface area contributed by atoms with E-state index < -0.39 is 0 Å². The lowest BCUT2D eigenvalue weighted by molar-refractivity contribution is 0.0186. The molecule has 0 radical (unpaired) electrons. The van der Waals surface area contributed by atoms with Crippen molar-refractivity contribution in [1.29, 1.82) is 0 Å². The predicted molar refractivity (Wildman–Crippen MR) is 71.1 cm³/mol. The summed E-state index contributed by atoms with van der Waals surface area (Å²) >= 11 is 0. The Morgan fingerprint density at radius 2 is 1.78 bits per heavy atom. The second-order valence-corrected chi connectivity index (χ2v) is 7.21. The van der Waals surface area contributed by atoms with E-state index in [4.69, 9.17) is 10.5 Å². The summed E-state index contributed by atoms with van der Waals surface area (Å²) in [5.41, 5.74) is 6.36. The maximum Gasteiger partial charge on any atom is 0.0472 e. The second-order valence-electron chi connectivity index (χ2n) is 7.21. The SMILES string of the molecule is NCC1(CNC2C3C4CCC(C4)C23)CCOCC1. The van der Waals surface area contributed by atoms with Crippen LogP contribution in [-0.4, -0.2) is 32.3 Å². The van der Waals surface area contributed by atoms with Crippen molar-refractivity contribution >= 4 is 0 Å². The van der Waals surface area contributed by atoms with Gasteiger partial charge in [-0.25, -0.2) is 0 Å². The molecule has 4 rings (SSSR count). The van der Waals surface area contributed by atoms with E-state index in [1.165, 1.54) is 12.8 Å². The average Bonchev–Trinajstić information content (AvgIpc) is 2.81.